The van der Waals surface area contributed by atoms with E-state index < -0.39 is 0 Å². The van der Waals surface area contributed by atoms with Gasteiger partial charge in [-0.3, -0.25) is 19.4 Å². The van der Waals surface area contributed by atoms with Gasteiger partial charge < -0.3 is 4.90 Å². The van der Waals surface area contributed by atoms with Crippen molar-refractivity contribution in [1.82, 2.24) is 24.6 Å². The summed E-state index contributed by atoms with van der Waals surface area (Å²) in [6, 6.07) is 4.11. The quantitative estimate of drug-likeness (QED) is 0.849. The van der Waals surface area contributed by atoms with Crippen molar-refractivity contribution in [1.29, 1.82) is 0 Å². The van der Waals surface area contributed by atoms with Gasteiger partial charge in [-0.2, -0.15) is 5.10 Å². The van der Waals surface area contributed by atoms with Crippen molar-refractivity contribution in [2.75, 3.05) is 26.2 Å². The molecule has 1 saturated carbocycles. The lowest BCUT2D eigenvalue weighted by Gasteiger charge is -2.35. The van der Waals surface area contributed by atoms with Crippen LogP contribution in [-0.2, 0) is 18.4 Å². The molecule has 0 spiro atoms. The number of nitrogens with zero attached hydrogens (tertiary/aromatic N) is 5. The van der Waals surface area contributed by atoms with Gasteiger partial charge in [0.25, 0.3) is 0 Å². The molecule has 2 aromatic heterocycles. The maximum Gasteiger partial charge on any atom is 0.226 e. The molecular formula is C18H23N5O. The Hall–Kier alpha value is -2.21. The van der Waals surface area contributed by atoms with E-state index in [1.165, 1.54) is 11.1 Å². The molecule has 1 saturated heterocycles. The van der Waals surface area contributed by atoms with E-state index in [4.69, 9.17) is 0 Å². The van der Waals surface area contributed by atoms with Crippen LogP contribution >= 0.6 is 0 Å². The van der Waals surface area contributed by atoms with Crippen molar-refractivity contribution >= 4 is 5.91 Å². The molecule has 2 aliphatic rings. The zero-order valence-electron chi connectivity index (χ0n) is 14.0. The van der Waals surface area contributed by atoms with Crippen molar-refractivity contribution < 1.29 is 4.79 Å². The van der Waals surface area contributed by atoms with Gasteiger partial charge in [-0.15, -0.1) is 0 Å². The molecule has 6 heteroatoms. The number of carbonyl (C=O) groups excluding carboxylic acids is 1. The van der Waals surface area contributed by atoms with Crippen LogP contribution in [0.25, 0.3) is 0 Å². The maximum absolute atomic E-state index is 12.7. The lowest BCUT2D eigenvalue weighted by Crippen LogP contribution is -2.48. The monoisotopic (exact) mass is 325 g/mol. The topological polar surface area (TPSA) is 54.3 Å². The number of rotatable bonds is 4. The Balaban J connectivity index is 1.28. The smallest absolute Gasteiger partial charge is 0.226 e. The van der Waals surface area contributed by atoms with Gasteiger partial charge in [-0.05, 0) is 35.6 Å². The van der Waals surface area contributed by atoms with Gasteiger partial charge in [0.05, 0.1) is 6.20 Å². The maximum atomic E-state index is 12.7. The third kappa shape index (κ3) is 3.19. The minimum absolute atomic E-state index is 0.168. The fraction of sp³-hybridized carbons (Fsp3) is 0.500. The summed E-state index contributed by atoms with van der Waals surface area (Å²) in [7, 11) is 1.92. The van der Waals surface area contributed by atoms with Crippen molar-refractivity contribution in [3.8, 4) is 0 Å². The molecule has 1 aliphatic heterocycles. The number of piperazine rings is 1. The molecule has 6 nitrogen and oxygen atoms in total. The molecule has 2 fully saturated rings. The number of hydrogen-bond acceptors (Lipinski definition) is 4. The molecule has 0 N–H and O–H groups in total. The lowest BCUT2D eigenvalue weighted by molar-refractivity contribution is -0.134. The van der Waals surface area contributed by atoms with E-state index in [1.54, 1.807) is 0 Å². The van der Waals surface area contributed by atoms with Crippen LogP contribution in [0.3, 0.4) is 0 Å². The normalized spacial score (nSPS) is 24.1. The van der Waals surface area contributed by atoms with E-state index in [1.807, 2.05) is 41.4 Å². The second-order valence-corrected chi connectivity index (χ2v) is 6.85. The fourth-order valence-corrected chi connectivity index (χ4v) is 3.58. The molecule has 0 unspecified atom stereocenters. The third-order valence-corrected chi connectivity index (χ3v) is 5.10. The number of aryl methyl sites for hydroxylation is 1. The minimum atomic E-state index is 0.168. The molecule has 126 valence electrons. The highest BCUT2D eigenvalue weighted by Crippen LogP contribution is 2.48. The zero-order chi connectivity index (χ0) is 16.5. The fourth-order valence-electron chi connectivity index (χ4n) is 3.58. The zero-order valence-corrected chi connectivity index (χ0v) is 14.0. The van der Waals surface area contributed by atoms with E-state index in [2.05, 4.69) is 27.1 Å². The first-order valence-corrected chi connectivity index (χ1v) is 8.59. The largest absolute Gasteiger partial charge is 0.340 e. The predicted octanol–water partition coefficient (Wildman–Crippen LogP) is 1.26. The van der Waals surface area contributed by atoms with Gasteiger partial charge in [0.2, 0.25) is 5.91 Å². The Kier molecular flexibility index (Phi) is 4.06. The molecule has 2 aromatic rings. The summed E-state index contributed by atoms with van der Waals surface area (Å²) in [5, 5.41) is 4.21. The highest BCUT2D eigenvalue weighted by Gasteiger charge is 2.46. The second kappa shape index (κ2) is 6.36. The summed E-state index contributed by atoms with van der Waals surface area (Å²) in [6.07, 6.45) is 8.57. The summed E-state index contributed by atoms with van der Waals surface area (Å²) in [6.45, 7) is 4.49. The average molecular weight is 325 g/mol. The van der Waals surface area contributed by atoms with Crippen LogP contribution in [0.2, 0.25) is 0 Å². The number of hydrogen-bond donors (Lipinski definition) is 0. The average Bonchev–Trinajstić information content (AvgIpc) is 3.30. The number of amides is 1. The second-order valence-electron chi connectivity index (χ2n) is 6.85. The van der Waals surface area contributed by atoms with Crippen LogP contribution in [0.1, 0.15) is 23.5 Å². The first kappa shape index (κ1) is 15.3. The van der Waals surface area contributed by atoms with Crippen molar-refractivity contribution in [2.24, 2.45) is 13.0 Å². The SMILES string of the molecule is Cn1cc([C@H]2C[C@@H]2C(=O)N2CCN(Cc3ccncc3)CC2)cn1. The first-order valence-electron chi connectivity index (χ1n) is 8.59. The Morgan fingerprint density at radius 1 is 1.21 bits per heavy atom. The molecule has 24 heavy (non-hydrogen) atoms. The van der Waals surface area contributed by atoms with E-state index in [0.29, 0.717) is 11.8 Å². The molecule has 1 amide bonds. The van der Waals surface area contributed by atoms with Gasteiger partial charge >= 0.3 is 0 Å². The van der Waals surface area contributed by atoms with Crippen molar-refractivity contribution in [3.63, 3.8) is 0 Å². The number of pyridine rings is 1. The lowest BCUT2D eigenvalue weighted by atomic mass is 10.1. The Morgan fingerprint density at radius 3 is 2.62 bits per heavy atom. The van der Waals surface area contributed by atoms with Crippen LogP contribution in [-0.4, -0.2) is 56.7 Å². The van der Waals surface area contributed by atoms with Gasteiger partial charge in [0.1, 0.15) is 0 Å². The summed E-state index contributed by atoms with van der Waals surface area (Å²) >= 11 is 0. The third-order valence-electron chi connectivity index (χ3n) is 5.10. The standard InChI is InChI=1S/C18H23N5O/c1-21-13-15(11-20-21)16-10-17(16)18(24)23-8-6-22(7-9-23)12-14-2-4-19-5-3-14/h2-5,11,13,16-17H,6-10,12H2,1H3/t16-,17+/m1/s1. The Labute approximate surface area is 142 Å². The van der Waals surface area contributed by atoms with E-state index in [0.717, 1.165) is 39.1 Å². The van der Waals surface area contributed by atoms with Crippen LogP contribution in [0.15, 0.2) is 36.9 Å². The molecular weight excluding hydrogens is 302 g/mol. The van der Waals surface area contributed by atoms with Crippen molar-refractivity contribution in [2.45, 2.75) is 18.9 Å². The van der Waals surface area contributed by atoms with E-state index in [9.17, 15) is 4.79 Å². The van der Waals surface area contributed by atoms with E-state index in [-0.39, 0.29) is 5.92 Å². The van der Waals surface area contributed by atoms with Crippen LogP contribution in [0.4, 0.5) is 0 Å². The molecule has 0 radical (unpaired) electrons. The Morgan fingerprint density at radius 2 is 1.96 bits per heavy atom. The Bertz CT molecular complexity index is 705. The van der Waals surface area contributed by atoms with Gasteiger partial charge in [0, 0.05) is 64.3 Å². The first-order chi connectivity index (χ1) is 11.7. The highest BCUT2D eigenvalue weighted by atomic mass is 16.2. The van der Waals surface area contributed by atoms with Gasteiger partial charge in [0.15, 0.2) is 0 Å². The minimum Gasteiger partial charge on any atom is -0.340 e. The predicted molar refractivity (Wildman–Crippen MR) is 90.2 cm³/mol. The van der Waals surface area contributed by atoms with Crippen LogP contribution < -0.4 is 0 Å². The summed E-state index contributed by atoms with van der Waals surface area (Å²) < 4.78 is 1.81. The molecule has 0 bridgehead atoms. The number of carbonyl (C=O) groups is 1. The summed E-state index contributed by atoms with van der Waals surface area (Å²) in [5.74, 6) is 0.870. The number of aromatic nitrogens is 3. The molecule has 1 aliphatic carbocycles. The van der Waals surface area contributed by atoms with E-state index >= 15 is 0 Å². The van der Waals surface area contributed by atoms with Crippen LogP contribution in [0, 0.1) is 5.92 Å². The molecule has 2 atom stereocenters. The van der Waals surface area contributed by atoms with Crippen molar-refractivity contribution in [3.05, 3.63) is 48.0 Å². The molecule has 0 aromatic carbocycles. The molecule has 3 heterocycles. The highest BCUT2D eigenvalue weighted by molar-refractivity contribution is 5.83. The summed E-state index contributed by atoms with van der Waals surface area (Å²) in [4.78, 5) is 21.2. The van der Waals surface area contributed by atoms with Crippen LogP contribution in [0.5, 0.6) is 0 Å². The van der Waals surface area contributed by atoms with Gasteiger partial charge in [-0.1, -0.05) is 0 Å². The molecule has 4 rings (SSSR count). The summed E-state index contributed by atoms with van der Waals surface area (Å²) in [5.41, 5.74) is 2.48. The van der Waals surface area contributed by atoms with Gasteiger partial charge in [-0.25, -0.2) is 0 Å².